The Kier molecular flexibility index (Phi) is 8.23. The summed E-state index contributed by atoms with van der Waals surface area (Å²) in [5.41, 5.74) is -7.27. The number of carbonyl (C=O) groups excluding carboxylic acids is 2. The van der Waals surface area contributed by atoms with Crippen molar-refractivity contribution in [3.05, 3.63) is 0 Å². The molecule has 0 saturated carbocycles. The highest BCUT2D eigenvalue weighted by molar-refractivity contribution is 6.03. The molecule has 0 aromatic heterocycles. The van der Waals surface area contributed by atoms with Crippen LogP contribution in [0.15, 0.2) is 0 Å². The first-order chi connectivity index (χ1) is 14.7. The topological polar surface area (TPSA) is 52.6 Å². The molecule has 0 saturated heterocycles. The van der Waals surface area contributed by atoms with Crippen molar-refractivity contribution in [3.63, 3.8) is 0 Å². The Balaban J connectivity index is 7.85. The Hall–Kier alpha value is -2.18. The second-order valence-electron chi connectivity index (χ2n) is 6.06. The summed E-state index contributed by atoms with van der Waals surface area (Å²) in [5, 5.41) is 0. The average Bonchev–Trinajstić information content (AvgIpc) is 2.59. The molecule has 0 unspecified atom stereocenters. The van der Waals surface area contributed by atoms with Crippen molar-refractivity contribution in [3.8, 4) is 0 Å². The fourth-order valence-corrected chi connectivity index (χ4v) is 2.29. The number of hydrogen-bond acceptors (Lipinski definition) is 4. The van der Waals surface area contributed by atoms with Gasteiger partial charge < -0.3 is 9.47 Å². The number of esters is 2. The first-order valence-electron chi connectivity index (χ1n) is 8.08. The predicted molar refractivity (Wildman–Crippen MR) is 72.5 cm³/mol. The minimum Gasteiger partial charge on any atom is -0.465 e. The molecule has 0 fully saturated rings. The van der Waals surface area contributed by atoms with Gasteiger partial charge in [-0.1, -0.05) is 0 Å². The molecule has 0 aliphatic rings. The van der Waals surface area contributed by atoms with E-state index in [1.54, 1.807) is 0 Å². The molecule has 0 aliphatic carbocycles. The summed E-state index contributed by atoms with van der Waals surface area (Å²) in [4.78, 5) is 23.5. The highest BCUT2D eigenvalue weighted by Gasteiger charge is 2.98. The van der Waals surface area contributed by atoms with Crippen LogP contribution in [0.3, 0.4) is 0 Å². The second kappa shape index (κ2) is 8.80. The number of carbonyl (C=O) groups is 2. The fourth-order valence-electron chi connectivity index (χ4n) is 2.29. The molecule has 202 valence electrons. The normalized spacial score (nSPS) is 15.2. The zero-order valence-electron chi connectivity index (χ0n) is 16.1. The molecule has 0 amide bonds. The first kappa shape index (κ1) is 31.8. The smallest absolute Gasteiger partial charge is 0.460 e. The third kappa shape index (κ3) is 3.99. The standard InChI is InChI=1S/C14H10F16O4/c1-3-33-5(31)7(6(32)34-4-2,9(17,18)13(25,26)27)8(15,16)10(19,20)11(21,22)12(23,24)14(28,29)30/h3-4H2,1-2H3. The van der Waals surface area contributed by atoms with Crippen molar-refractivity contribution in [1.82, 2.24) is 0 Å². The van der Waals surface area contributed by atoms with E-state index in [4.69, 9.17) is 0 Å². The van der Waals surface area contributed by atoms with Crippen LogP contribution in [-0.2, 0) is 19.1 Å². The van der Waals surface area contributed by atoms with Gasteiger partial charge in [-0.05, 0) is 13.8 Å². The number of hydrogen-bond donors (Lipinski definition) is 0. The Morgan fingerprint density at radius 1 is 0.471 bits per heavy atom. The molecule has 0 aromatic carbocycles. The van der Waals surface area contributed by atoms with Crippen molar-refractivity contribution in [2.45, 2.75) is 55.8 Å². The maximum Gasteiger partial charge on any atom is 0.460 e. The molecule has 0 rings (SSSR count). The maximum atomic E-state index is 14.6. The molecule has 20 heteroatoms. The van der Waals surface area contributed by atoms with E-state index in [2.05, 4.69) is 9.47 Å². The average molecular weight is 546 g/mol. The Bertz CT molecular complexity index is 749. The van der Waals surface area contributed by atoms with Gasteiger partial charge in [0, 0.05) is 0 Å². The SMILES string of the molecule is CCOC(=O)C(C(=O)OCC)(C(F)(F)C(F)(F)F)C(F)(F)C(F)(F)C(F)(F)C(F)(F)C(F)(F)F. The first-order valence-corrected chi connectivity index (χ1v) is 8.08. The molecule has 0 atom stereocenters. The van der Waals surface area contributed by atoms with Crippen LogP contribution in [0, 0.1) is 5.41 Å². The number of rotatable bonds is 9. The van der Waals surface area contributed by atoms with Crippen LogP contribution in [0.2, 0.25) is 0 Å². The van der Waals surface area contributed by atoms with E-state index >= 15 is 0 Å². The summed E-state index contributed by atoms with van der Waals surface area (Å²) >= 11 is 0. The van der Waals surface area contributed by atoms with Crippen LogP contribution in [0.5, 0.6) is 0 Å². The van der Waals surface area contributed by atoms with E-state index in [1.807, 2.05) is 0 Å². The maximum absolute atomic E-state index is 14.6. The van der Waals surface area contributed by atoms with Gasteiger partial charge in [0.15, 0.2) is 0 Å². The van der Waals surface area contributed by atoms with Crippen LogP contribution in [-0.4, -0.2) is 67.1 Å². The fraction of sp³-hybridized carbons (Fsp3) is 0.857. The molecule has 0 spiro atoms. The molecule has 34 heavy (non-hydrogen) atoms. The van der Waals surface area contributed by atoms with E-state index in [0.29, 0.717) is 13.8 Å². The van der Waals surface area contributed by atoms with E-state index in [0.717, 1.165) is 0 Å². The second-order valence-corrected chi connectivity index (χ2v) is 6.06. The van der Waals surface area contributed by atoms with Gasteiger partial charge in [-0.15, -0.1) is 0 Å². The van der Waals surface area contributed by atoms with Crippen molar-refractivity contribution < 1.29 is 89.3 Å². The molecule has 0 heterocycles. The minimum absolute atomic E-state index is 0.419. The van der Waals surface area contributed by atoms with Gasteiger partial charge >= 0.3 is 59.3 Å². The largest absolute Gasteiger partial charge is 0.465 e. The van der Waals surface area contributed by atoms with Crippen molar-refractivity contribution >= 4 is 11.9 Å². The molecule has 0 bridgehead atoms. The molecule has 0 aliphatic heterocycles. The van der Waals surface area contributed by atoms with E-state index in [9.17, 15) is 79.8 Å². The predicted octanol–water partition coefficient (Wildman–Crippen LogP) is 5.40. The van der Waals surface area contributed by atoms with Crippen LogP contribution in [0.25, 0.3) is 0 Å². The van der Waals surface area contributed by atoms with E-state index in [1.165, 1.54) is 0 Å². The van der Waals surface area contributed by atoms with Gasteiger partial charge in [-0.2, -0.15) is 70.2 Å². The molecule has 0 aromatic rings. The Labute approximate surface area is 177 Å². The van der Waals surface area contributed by atoms with E-state index in [-0.39, 0.29) is 0 Å². The Morgan fingerprint density at radius 2 is 0.735 bits per heavy atom. The minimum atomic E-state index is -8.62. The summed E-state index contributed by atoms with van der Waals surface area (Å²) < 4.78 is 221. The van der Waals surface area contributed by atoms with Gasteiger partial charge in [-0.25, -0.2) is 0 Å². The summed E-state index contributed by atoms with van der Waals surface area (Å²) in [6.45, 7) is -2.35. The summed E-state index contributed by atoms with van der Waals surface area (Å²) in [7, 11) is 0. The number of ether oxygens (including phenoxy) is 2. The van der Waals surface area contributed by atoms with Crippen molar-refractivity contribution in [1.29, 1.82) is 0 Å². The summed E-state index contributed by atoms with van der Waals surface area (Å²) in [5.74, 6) is -49.7. The highest BCUT2D eigenvalue weighted by Crippen LogP contribution is 2.66. The number of halogens is 16. The van der Waals surface area contributed by atoms with E-state index < -0.39 is 72.5 Å². The van der Waals surface area contributed by atoms with Crippen molar-refractivity contribution in [2.24, 2.45) is 5.41 Å². The number of alkyl halides is 16. The summed E-state index contributed by atoms with van der Waals surface area (Å²) in [6, 6.07) is 0. The molecule has 0 N–H and O–H groups in total. The lowest BCUT2D eigenvalue weighted by Gasteiger charge is -2.46. The van der Waals surface area contributed by atoms with Crippen LogP contribution in [0.4, 0.5) is 70.2 Å². The van der Waals surface area contributed by atoms with Gasteiger partial charge in [0.05, 0.1) is 13.2 Å². The Morgan fingerprint density at radius 3 is 0.971 bits per heavy atom. The molecule has 0 radical (unpaired) electrons. The lowest BCUT2D eigenvalue weighted by Crippen LogP contribution is -2.78. The molecule has 4 nitrogen and oxygen atoms in total. The third-order valence-electron chi connectivity index (χ3n) is 4.00. The quantitative estimate of drug-likeness (QED) is 0.221. The molecular formula is C14H10F16O4. The van der Waals surface area contributed by atoms with Gasteiger partial charge in [0.25, 0.3) is 0 Å². The van der Waals surface area contributed by atoms with Crippen molar-refractivity contribution in [2.75, 3.05) is 13.2 Å². The van der Waals surface area contributed by atoms with Crippen LogP contribution in [0.1, 0.15) is 13.8 Å². The van der Waals surface area contributed by atoms with Crippen LogP contribution < -0.4 is 0 Å². The summed E-state index contributed by atoms with van der Waals surface area (Å²) in [6.07, 6.45) is -15.5. The van der Waals surface area contributed by atoms with Gasteiger partial charge in [-0.3, -0.25) is 9.59 Å². The lowest BCUT2D eigenvalue weighted by atomic mass is 9.70. The van der Waals surface area contributed by atoms with Crippen LogP contribution >= 0.6 is 0 Å². The van der Waals surface area contributed by atoms with Gasteiger partial charge in [0.2, 0.25) is 0 Å². The highest BCUT2D eigenvalue weighted by atomic mass is 19.4. The van der Waals surface area contributed by atoms with Gasteiger partial charge in [0.1, 0.15) is 0 Å². The molecular weight excluding hydrogens is 536 g/mol. The third-order valence-corrected chi connectivity index (χ3v) is 4.00. The monoisotopic (exact) mass is 546 g/mol. The lowest BCUT2D eigenvalue weighted by molar-refractivity contribution is -0.444. The zero-order chi connectivity index (χ0) is 28.0. The zero-order valence-corrected chi connectivity index (χ0v) is 16.1.